The third-order valence-corrected chi connectivity index (χ3v) is 6.55. The Labute approximate surface area is 200 Å². The van der Waals surface area contributed by atoms with Gasteiger partial charge in [-0.05, 0) is 87.5 Å². The van der Waals surface area contributed by atoms with E-state index in [1.54, 1.807) is 0 Å². The van der Waals surface area contributed by atoms with Crippen LogP contribution in [0.1, 0.15) is 92.9 Å². The van der Waals surface area contributed by atoms with Gasteiger partial charge in [-0.25, -0.2) is 0 Å². The number of fused-ring (bicyclic) bond motifs is 1. The fourth-order valence-electron chi connectivity index (χ4n) is 4.62. The second-order valence-corrected chi connectivity index (χ2v) is 9.30. The molecule has 2 aromatic heterocycles. The zero-order chi connectivity index (χ0) is 23.5. The predicted octanol–water partition coefficient (Wildman–Crippen LogP) is 7.35. The lowest BCUT2D eigenvalue weighted by Crippen LogP contribution is -2.27. The normalized spacial score (nSPS) is 11.5. The average Bonchev–Trinajstić information content (AvgIpc) is 3.21. The van der Waals surface area contributed by atoms with Gasteiger partial charge in [-0.2, -0.15) is 0 Å². The molecule has 0 radical (unpaired) electrons. The Morgan fingerprint density at radius 3 is 2.15 bits per heavy atom. The second-order valence-electron chi connectivity index (χ2n) is 9.30. The molecule has 2 heterocycles. The molecule has 3 heteroatoms. The van der Waals surface area contributed by atoms with Crippen molar-refractivity contribution < 1.29 is 4.79 Å². The molecule has 0 aliphatic heterocycles. The van der Waals surface area contributed by atoms with E-state index >= 15 is 0 Å². The monoisotopic (exact) mass is 446 g/mol. The number of ketones is 1. The van der Waals surface area contributed by atoms with Gasteiger partial charge in [0.2, 0.25) is 5.78 Å². The first kappa shape index (κ1) is 25.2. The lowest BCUT2D eigenvalue weighted by atomic mass is 10.00. The van der Waals surface area contributed by atoms with E-state index in [4.69, 9.17) is 0 Å². The van der Waals surface area contributed by atoms with Gasteiger partial charge in [0.25, 0.3) is 0 Å². The number of benzene rings is 1. The highest BCUT2D eigenvalue weighted by Crippen LogP contribution is 2.22. The topological polar surface area (TPSA) is 24.7 Å². The molecule has 0 amide bonds. The number of carbonyl (C=O) groups excluding carboxylic acids is 1. The van der Waals surface area contributed by atoms with Gasteiger partial charge in [0.15, 0.2) is 0 Å². The number of aromatic nitrogens is 1. The van der Waals surface area contributed by atoms with Crippen LogP contribution in [0, 0.1) is 0 Å². The molecule has 3 nitrogen and oxygen atoms in total. The lowest BCUT2D eigenvalue weighted by Gasteiger charge is -2.21. The fourth-order valence-corrected chi connectivity index (χ4v) is 4.62. The van der Waals surface area contributed by atoms with Crippen molar-refractivity contribution >= 4 is 11.3 Å². The Morgan fingerprint density at radius 1 is 0.788 bits per heavy atom. The number of unbranched alkanes of at least 4 members (excludes halogenated alkanes) is 3. The highest BCUT2D eigenvalue weighted by atomic mass is 16.1. The summed E-state index contributed by atoms with van der Waals surface area (Å²) in [4.78, 5) is 16.1. The summed E-state index contributed by atoms with van der Waals surface area (Å²) in [6.07, 6.45) is 12.6. The van der Waals surface area contributed by atoms with Crippen LogP contribution in [0.3, 0.4) is 0 Å². The van der Waals surface area contributed by atoms with E-state index in [1.165, 1.54) is 63.7 Å². The Hall–Kier alpha value is -2.39. The standard InChI is InChI=1S/C30H42N2O/c1-4-7-20-31(21-8-5-2)22-11-9-14-25-16-18-26(19-17-25)30(33)29-27(13-6-3)24-28-15-10-12-23-32(28)29/h10,12,15-19,23-24H,4-9,11,13-14,20-22H2,1-3H3. The highest BCUT2D eigenvalue weighted by Gasteiger charge is 2.18. The lowest BCUT2D eigenvalue weighted by molar-refractivity contribution is 0.103. The van der Waals surface area contributed by atoms with Crippen LogP contribution >= 0.6 is 0 Å². The number of carbonyl (C=O) groups is 1. The summed E-state index contributed by atoms with van der Waals surface area (Å²) < 4.78 is 2.05. The Balaban J connectivity index is 1.59. The van der Waals surface area contributed by atoms with Crippen molar-refractivity contribution in [3.63, 3.8) is 0 Å². The van der Waals surface area contributed by atoms with E-state index in [0.717, 1.165) is 41.6 Å². The van der Waals surface area contributed by atoms with Gasteiger partial charge in [-0.1, -0.05) is 70.4 Å². The number of nitrogens with zero attached hydrogens (tertiary/aromatic N) is 2. The summed E-state index contributed by atoms with van der Waals surface area (Å²) in [5.74, 6) is 0.124. The predicted molar refractivity (Wildman–Crippen MR) is 140 cm³/mol. The number of aryl methyl sites for hydroxylation is 2. The largest absolute Gasteiger partial charge is 0.313 e. The zero-order valence-electron chi connectivity index (χ0n) is 21.0. The first-order valence-corrected chi connectivity index (χ1v) is 13.1. The van der Waals surface area contributed by atoms with Crippen LogP contribution in [-0.4, -0.2) is 34.7 Å². The molecule has 0 aliphatic carbocycles. The molecule has 0 bridgehead atoms. The molecule has 1 aromatic carbocycles. The maximum atomic E-state index is 13.4. The molecule has 3 rings (SSSR count). The molecule has 0 aliphatic rings. The molecule has 3 aromatic rings. The smallest absolute Gasteiger partial charge is 0.210 e. The summed E-state index contributed by atoms with van der Waals surface area (Å²) in [6, 6.07) is 16.6. The van der Waals surface area contributed by atoms with Gasteiger partial charge in [0, 0.05) is 17.3 Å². The Kier molecular flexibility index (Phi) is 10.2. The molecule has 33 heavy (non-hydrogen) atoms. The van der Waals surface area contributed by atoms with Gasteiger partial charge in [0.05, 0.1) is 5.69 Å². The van der Waals surface area contributed by atoms with E-state index in [1.807, 2.05) is 34.9 Å². The molecule has 0 unspecified atom stereocenters. The van der Waals surface area contributed by atoms with Gasteiger partial charge >= 0.3 is 0 Å². The van der Waals surface area contributed by atoms with Crippen molar-refractivity contribution in [2.75, 3.05) is 19.6 Å². The summed E-state index contributed by atoms with van der Waals surface area (Å²) >= 11 is 0. The van der Waals surface area contributed by atoms with Gasteiger partial charge in [-0.15, -0.1) is 0 Å². The molecule has 0 saturated carbocycles. The first-order valence-electron chi connectivity index (χ1n) is 13.1. The molecule has 0 spiro atoms. The first-order chi connectivity index (χ1) is 16.2. The van der Waals surface area contributed by atoms with Crippen LogP contribution in [0.2, 0.25) is 0 Å². The van der Waals surface area contributed by atoms with E-state index in [-0.39, 0.29) is 5.78 Å². The van der Waals surface area contributed by atoms with E-state index < -0.39 is 0 Å². The van der Waals surface area contributed by atoms with Crippen molar-refractivity contribution in [1.82, 2.24) is 9.30 Å². The van der Waals surface area contributed by atoms with Crippen LogP contribution in [0.25, 0.3) is 5.52 Å². The van der Waals surface area contributed by atoms with Crippen molar-refractivity contribution in [2.45, 2.75) is 78.6 Å². The molecule has 178 valence electrons. The quantitative estimate of drug-likeness (QED) is 0.180. The summed E-state index contributed by atoms with van der Waals surface area (Å²) in [7, 11) is 0. The molecule has 0 atom stereocenters. The zero-order valence-corrected chi connectivity index (χ0v) is 21.0. The highest BCUT2D eigenvalue weighted by molar-refractivity contribution is 6.09. The molecular formula is C30H42N2O. The van der Waals surface area contributed by atoms with Crippen molar-refractivity contribution in [2.24, 2.45) is 0 Å². The van der Waals surface area contributed by atoms with E-state index in [0.29, 0.717) is 0 Å². The van der Waals surface area contributed by atoms with Crippen molar-refractivity contribution in [3.05, 3.63) is 77.1 Å². The SMILES string of the molecule is CCCCN(CCCC)CCCCc1ccc(C(=O)c2c(CCC)cc3ccccn23)cc1. The molecule has 0 saturated heterocycles. The van der Waals surface area contributed by atoms with Crippen LogP contribution in [0.5, 0.6) is 0 Å². The minimum absolute atomic E-state index is 0.124. The summed E-state index contributed by atoms with van der Waals surface area (Å²) in [5.41, 5.74) is 5.17. The van der Waals surface area contributed by atoms with Crippen molar-refractivity contribution in [1.29, 1.82) is 0 Å². The van der Waals surface area contributed by atoms with Gasteiger partial charge < -0.3 is 9.30 Å². The van der Waals surface area contributed by atoms with E-state index in [2.05, 4.69) is 49.9 Å². The van der Waals surface area contributed by atoms with Crippen LogP contribution in [0.4, 0.5) is 0 Å². The van der Waals surface area contributed by atoms with Crippen LogP contribution in [0.15, 0.2) is 54.7 Å². The van der Waals surface area contributed by atoms with Crippen molar-refractivity contribution in [3.8, 4) is 0 Å². The number of hydrogen-bond acceptors (Lipinski definition) is 2. The third kappa shape index (κ3) is 7.04. The minimum Gasteiger partial charge on any atom is -0.313 e. The summed E-state index contributed by atoms with van der Waals surface area (Å²) in [5, 5.41) is 0. The maximum absolute atomic E-state index is 13.4. The average molecular weight is 447 g/mol. The second kappa shape index (κ2) is 13.3. The Bertz CT molecular complexity index is 978. The van der Waals surface area contributed by atoms with Gasteiger partial charge in [-0.3, -0.25) is 4.79 Å². The minimum atomic E-state index is 0.124. The maximum Gasteiger partial charge on any atom is 0.210 e. The molecule has 0 N–H and O–H groups in total. The fraction of sp³-hybridized carbons (Fsp3) is 0.500. The summed E-state index contributed by atoms with van der Waals surface area (Å²) in [6.45, 7) is 10.4. The molecule has 0 fully saturated rings. The van der Waals surface area contributed by atoms with Crippen LogP contribution < -0.4 is 0 Å². The molecular weight excluding hydrogens is 404 g/mol. The Morgan fingerprint density at radius 2 is 1.48 bits per heavy atom. The van der Waals surface area contributed by atoms with Gasteiger partial charge in [0.1, 0.15) is 0 Å². The third-order valence-electron chi connectivity index (χ3n) is 6.55. The van der Waals surface area contributed by atoms with E-state index in [9.17, 15) is 4.79 Å². The number of pyridine rings is 1. The van der Waals surface area contributed by atoms with Crippen LogP contribution in [-0.2, 0) is 12.8 Å². The number of rotatable bonds is 15. The number of hydrogen-bond donors (Lipinski definition) is 0.